The third kappa shape index (κ3) is 2.74. The molecule has 1 N–H and O–H groups in total. The van der Waals surface area contributed by atoms with Gasteiger partial charge in [-0.2, -0.15) is 5.10 Å². The average molecular weight is 341 g/mol. The Balaban J connectivity index is 1.70. The summed E-state index contributed by atoms with van der Waals surface area (Å²) in [6, 6.07) is 15.1. The maximum absolute atomic E-state index is 12.1. The van der Waals surface area contributed by atoms with Crippen LogP contribution in [0, 0.1) is 0 Å². The summed E-state index contributed by atoms with van der Waals surface area (Å²) in [6.45, 7) is 0.159. The standard InChI is InChI=1S/C18H13ClN2O3/c19-14-7-11(8-16-17(14)24-10-23-16)6-13-9-15(20-21-18(13)22)12-4-2-1-3-5-12/h1-5,7-9H,6,10H2,(H,21,22). The lowest BCUT2D eigenvalue weighted by Crippen LogP contribution is -2.15. The van der Waals surface area contributed by atoms with Crippen molar-refractivity contribution in [3.05, 3.63) is 75.0 Å². The number of benzene rings is 2. The lowest BCUT2D eigenvalue weighted by Gasteiger charge is -2.06. The van der Waals surface area contributed by atoms with E-state index >= 15 is 0 Å². The minimum Gasteiger partial charge on any atom is -0.454 e. The van der Waals surface area contributed by atoms with Crippen molar-refractivity contribution >= 4 is 11.6 Å². The minimum atomic E-state index is -0.219. The van der Waals surface area contributed by atoms with E-state index in [0.717, 1.165) is 16.8 Å². The number of halogens is 1. The van der Waals surface area contributed by atoms with Crippen LogP contribution in [0.3, 0.4) is 0 Å². The van der Waals surface area contributed by atoms with Crippen LogP contribution in [-0.2, 0) is 6.42 Å². The van der Waals surface area contributed by atoms with E-state index < -0.39 is 0 Å². The Morgan fingerprint density at radius 3 is 2.79 bits per heavy atom. The van der Waals surface area contributed by atoms with E-state index in [1.807, 2.05) is 36.4 Å². The first-order valence-electron chi connectivity index (χ1n) is 7.43. The fourth-order valence-electron chi connectivity index (χ4n) is 2.68. The number of fused-ring (bicyclic) bond motifs is 1. The number of nitrogens with one attached hydrogen (secondary N) is 1. The fraction of sp³-hybridized carbons (Fsp3) is 0.111. The van der Waals surface area contributed by atoms with E-state index in [2.05, 4.69) is 10.2 Å². The molecule has 120 valence electrons. The molecule has 0 amide bonds. The molecule has 1 aliphatic heterocycles. The molecule has 0 saturated heterocycles. The van der Waals surface area contributed by atoms with Gasteiger partial charge in [-0.15, -0.1) is 0 Å². The second-order valence-corrected chi connectivity index (χ2v) is 5.87. The van der Waals surface area contributed by atoms with Gasteiger partial charge in [0.25, 0.3) is 5.56 Å². The van der Waals surface area contributed by atoms with E-state index in [0.29, 0.717) is 28.5 Å². The highest BCUT2D eigenvalue weighted by molar-refractivity contribution is 6.32. The largest absolute Gasteiger partial charge is 0.454 e. The van der Waals surface area contributed by atoms with Gasteiger partial charge in [0.05, 0.1) is 10.7 Å². The summed E-state index contributed by atoms with van der Waals surface area (Å²) in [5, 5.41) is 7.16. The molecular weight excluding hydrogens is 328 g/mol. The second-order valence-electron chi connectivity index (χ2n) is 5.46. The van der Waals surface area contributed by atoms with Gasteiger partial charge in [0, 0.05) is 17.5 Å². The Kier molecular flexibility index (Phi) is 3.70. The van der Waals surface area contributed by atoms with E-state index in [1.165, 1.54) is 0 Å². The highest BCUT2D eigenvalue weighted by Gasteiger charge is 2.19. The van der Waals surface area contributed by atoms with Crippen molar-refractivity contribution in [1.82, 2.24) is 10.2 Å². The van der Waals surface area contributed by atoms with Gasteiger partial charge >= 0.3 is 0 Å². The molecule has 6 heteroatoms. The van der Waals surface area contributed by atoms with Crippen LogP contribution in [0.2, 0.25) is 5.02 Å². The Morgan fingerprint density at radius 1 is 1.12 bits per heavy atom. The van der Waals surface area contributed by atoms with Gasteiger partial charge in [-0.1, -0.05) is 41.9 Å². The van der Waals surface area contributed by atoms with Crippen molar-refractivity contribution in [2.45, 2.75) is 6.42 Å². The van der Waals surface area contributed by atoms with Crippen molar-refractivity contribution in [2.75, 3.05) is 6.79 Å². The summed E-state index contributed by atoms with van der Waals surface area (Å²) in [6.07, 6.45) is 0.425. The summed E-state index contributed by atoms with van der Waals surface area (Å²) in [5.41, 5.74) is 2.93. The van der Waals surface area contributed by atoms with E-state index in [1.54, 1.807) is 12.1 Å². The van der Waals surface area contributed by atoms with Crippen molar-refractivity contribution in [1.29, 1.82) is 0 Å². The quantitative estimate of drug-likeness (QED) is 0.793. The predicted octanol–water partition coefficient (Wildman–Crippen LogP) is 3.41. The van der Waals surface area contributed by atoms with Gasteiger partial charge in [-0.3, -0.25) is 4.79 Å². The van der Waals surface area contributed by atoms with Crippen molar-refractivity contribution in [2.24, 2.45) is 0 Å². The molecule has 4 rings (SSSR count). The Morgan fingerprint density at radius 2 is 1.96 bits per heavy atom. The number of aromatic amines is 1. The first kappa shape index (κ1) is 14.8. The predicted molar refractivity (Wildman–Crippen MR) is 90.7 cm³/mol. The normalized spacial score (nSPS) is 12.4. The van der Waals surface area contributed by atoms with E-state index in [9.17, 15) is 4.79 Å². The van der Waals surface area contributed by atoms with Crippen molar-refractivity contribution in [3.8, 4) is 22.8 Å². The zero-order valence-corrected chi connectivity index (χ0v) is 13.3. The first-order valence-corrected chi connectivity index (χ1v) is 7.80. The minimum absolute atomic E-state index is 0.159. The van der Waals surface area contributed by atoms with E-state index in [4.69, 9.17) is 21.1 Å². The van der Waals surface area contributed by atoms with Gasteiger partial charge in [-0.25, -0.2) is 5.10 Å². The van der Waals surface area contributed by atoms with Crippen molar-refractivity contribution in [3.63, 3.8) is 0 Å². The molecule has 0 spiro atoms. The molecule has 3 aromatic rings. The molecule has 24 heavy (non-hydrogen) atoms. The molecule has 0 bridgehead atoms. The van der Waals surface area contributed by atoms with Crippen LogP contribution in [0.25, 0.3) is 11.3 Å². The highest BCUT2D eigenvalue weighted by atomic mass is 35.5. The monoisotopic (exact) mass is 340 g/mol. The van der Waals surface area contributed by atoms with E-state index in [-0.39, 0.29) is 12.4 Å². The van der Waals surface area contributed by atoms with Crippen LogP contribution in [0.1, 0.15) is 11.1 Å². The van der Waals surface area contributed by atoms with Crippen LogP contribution < -0.4 is 15.0 Å². The van der Waals surface area contributed by atoms with Crippen LogP contribution in [-0.4, -0.2) is 17.0 Å². The smallest absolute Gasteiger partial charge is 0.267 e. The molecule has 2 heterocycles. The zero-order chi connectivity index (χ0) is 16.5. The van der Waals surface area contributed by atoms with Crippen LogP contribution in [0.4, 0.5) is 0 Å². The molecule has 5 nitrogen and oxygen atoms in total. The molecule has 0 radical (unpaired) electrons. The number of hydrogen-bond donors (Lipinski definition) is 1. The molecular formula is C18H13ClN2O3. The van der Waals surface area contributed by atoms with Crippen LogP contribution in [0.5, 0.6) is 11.5 Å². The maximum Gasteiger partial charge on any atom is 0.267 e. The molecule has 0 fully saturated rings. The number of aromatic nitrogens is 2. The molecule has 0 unspecified atom stereocenters. The van der Waals surface area contributed by atoms with Gasteiger partial charge in [0.15, 0.2) is 11.5 Å². The zero-order valence-electron chi connectivity index (χ0n) is 12.6. The fourth-order valence-corrected chi connectivity index (χ4v) is 2.96. The molecule has 2 aromatic carbocycles. The Hall–Kier alpha value is -2.79. The number of ether oxygens (including phenoxy) is 2. The SMILES string of the molecule is O=c1[nH]nc(-c2ccccc2)cc1Cc1cc(Cl)c2c(c1)OCO2. The molecule has 1 aromatic heterocycles. The number of hydrogen-bond acceptors (Lipinski definition) is 4. The molecule has 0 atom stereocenters. The maximum atomic E-state index is 12.1. The summed E-state index contributed by atoms with van der Waals surface area (Å²) >= 11 is 6.20. The second kappa shape index (κ2) is 6.02. The average Bonchev–Trinajstić information content (AvgIpc) is 3.07. The molecule has 1 aliphatic rings. The number of H-pyrrole nitrogens is 1. The van der Waals surface area contributed by atoms with Gasteiger partial charge in [-0.05, 0) is 23.8 Å². The first-order chi connectivity index (χ1) is 11.7. The summed E-state index contributed by atoms with van der Waals surface area (Å²) in [7, 11) is 0. The highest BCUT2D eigenvalue weighted by Crippen LogP contribution is 2.40. The molecule has 0 aliphatic carbocycles. The lowest BCUT2D eigenvalue weighted by atomic mass is 10.0. The number of rotatable bonds is 3. The summed E-state index contributed by atoms with van der Waals surface area (Å²) < 4.78 is 10.7. The Bertz CT molecular complexity index is 954. The molecule has 0 saturated carbocycles. The summed E-state index contributed by atoms with van der Waals surface area (Å²) in [4.78, 5) is 12.1. The Labute approximate surface area is 142 Å². The third-order valence-electron chi connectivity index (χ3n) is 3.83. The van der Waals surface area contributed by atoms with Gasteiger partial charge in [0.2, 0.25) is 6.79 Å². The van der Waals surface area contributed by atoms with Gasteiger partial charge < -0.3 is 9.47 Å². The number of nitrogens with zero attached hydrogens (tertiary/aromatic N) is 1. The summed E-state index contributed by atoms with van der Waals surface area (Å²) in [5.74, 6) is 1.15. The van der Waals surface area contributed by atoms with Crippen LogP contribution >= 0.6 is 11.6 Å². The van der Waals surface area contributed by atoms with Crippen molar-refractivity contribution < 1.29 is 9.47 Å². The third-order valence-corrected chi connectivity index (χ3v) is 4.11. The topological polar surface area (TPSA) is 64.2 Å². The van der Waals surface area contributed by atoms with Crippen LogP contribution in [0.15, 0.2) is 53.3 Å². The van der Waals surface area contributed by atoms with Gasteiger partial charge in [0.1, 0.15) is 0 Å². The lowest BCUT2D eigenvalue weighted by molar-refractivity contribution is 0.174.